The highest BCUT2D eigenvalue weighted by molar-refractivity contribution is 5.00. The van der Waals surface area contributed by atoms with E-state index in [2.05, 4.69) is 4.74 Å². The molecule has 0 aliphatic heterocycles. The van der Waals surface area contributed by atoms with Crippen molar-refractivity contribution >= 4 is 0 Å². The van der Waals surface area contributed by atoms with E-state index in [0.717, 1.165) is 0 Å². The van der Waals surface area contributed by atoms with E-state index in [1.807, 2.05) is 0 Å². The molecule has 0 rings (SSSR count). The maximum Gasteiger partial charge on any atom is 0.426 e. The van der Waals surface area contributed by atoms with Crippen LogP contribution < -0.4 is 0 Å². The monoisotopic (exact) mass is 332 g/mol. The van der Waals surface area contributed by atoms with Crippen molar-refractivity contribution in [2.45, 2.75) is 56.5 Å². The molecule has 0 aliphatic rings. The molecule has 0 aromatic heterocycles. The first-order valence-corrected chi connectivity index (χ1v) is 6.13. The van der Waals surface area contributed by atoms with Crippen LogP contribution in [0.2, 0.25) is 0 Å². The summed E-state index contributed by atoms with van der Waals surface area (Å²) in [7, 11) is 0. The molecule has 0 saturated carbocycles. The van der Waals surface area contributed by atoms with Crippen LogP contribution in [0.1, 0.15) is 32.6 Å². The fraction of sp³-hybridized carbons (Fsp3) is 1.00. The fourth-order valence-electron chi connectivity index (χ4n) is 1.33. The number of hydrogen-bond acceptors (Lipinski definition) is 2. The third-order valence-electron chi connectivity index (χ3n) is 2.70. The summed E-state index contributed by atoms with van der Waals surface area (Å²) in [5.74, 6) is -18.7. The first-order chi connectivity index (χ1) is 9.37. The Morgan fingerprint density at radius 3 is 1.76 bits per heavy atom. The minimum Gasteiger partial charge on any atom is -0.390 e. The van der Waals surface area contributed by atoms with E-state index >= 15 is 0 Å². The molecule has 0 saturated heterocycles. The molecule has 0 aliphatic carbocycles. The van der Waals surface area contributed by atoms with Crippen molar-refractivity contribution in [3.8, 4) is 0 Å². The topological polar surface area (TPSA) is 29.5 Å². The Labute approximate surface area is 116 Å². The number of rotatable bonds is 10. The van der Waals surface area contributed by atoms with Crippen LogP contribution in [0.3, 0.4) is 0 Å². The summed E-state index contributed by atoms with van der Waals surface area (Å²) in [5.41, 5.74) is 0. The Balaban J connectivity index is 4.93. The average Bonchev–Trinajstić information content (AvgIpc) is 2.37. The first kappa shape index (κ1) is 20.4. The van der Waals surface area contributed by atoms with E-state index < -0.39 is 37.1 Å². The molecule has 0 aromatic carbocycles. The lowest BCUT2D eigenvalue weighted by atomic mass is 10.0. The lowest BCUT2D eigenvalue weighted by Crippen LogP contribution is -2.64. The molecule has 1 N–H and O–H groups in total. The van der Waals surface area contributed by atoms with E-state index in [4.69, 9.17) is 5.11 Å². The standard InChI is InChI=1S/C11H16F8O2/c1-2-3-4-5-6-21-11(18,19)10(16,17)9(14,15)8(12,13)7-20/h20H,2-7H2,1H3. The van der Waals surface area contributed by atoms with E-state index in [1.165, 1.54) is 0 Å². The van der Waals surface area contributed by atoms with Crippen molar-refractivity contribution < 1.29 is 45.0 Å². The molecule has 0 unspecified atom stereocenters. The highest BCUT2D eigenvalue weighted by Crippen LogP contribution is 2.52. The molecule has 0 amide bonds. The quantitative estimate of drug-likeness (QED) is 0.483. The summed E-state index contributed by atoms with van der Waals surface area (Å²) < 4.78 is 106. The van der Waals surface area contributed by atoms with Gasteiger partial charge < -0.3 is 9.84 Å². The molecule has 21 heavy (non-hydrogen) atoms. The van der Waals surface area contributed by atoms with Crippen molar-refractivity contribution in [2.24, 2.45) is 0 Å². The van der Waals surface area contributed by atoms with Gasteiger partial charge in [0.05, 0.1) is 6.61 Å². The Bertz CT molecular complexity index is 319. The lowest BCUT2D eigenvalue weighted by Gasteiger charge is -2.35. The molecular formula is C11H16F8O2. The number of halogens is 8. The maximum absolute atomic E-state index is 13.0. The molecule has 2 nitrogen and oxygen atoms in total. The van der Waals surface area contributed by atoms with Gasteiger partial charge in [-0.1, -0.05) is 26.2 Å². The zero-order valence-corrected chi connectivity index (χ0v) is 11.1. The van der Waals surface area contributed by atoms with Crippen LogP contribution >= 0.6 is 0 Å². The van der Waals surface area contributed by atoms with Crippen molar-refractivity contribution in [3.05, 3.63) is 0 Å². The van der Waals surface area contributed by atoms with Crippen LogP contribution in [0.25, 0.3) is 0 Å². The maximum atomic E-state index is 13.0. The Morgan fingerprint density at radius 2 is 1.33 bits per heavy atom. The van der Waals surface area contributed by atoms with Crippen LogP contribution in [0.5, 0.6) is 0 Å². The highest BCUT2D eigenvalue weighted by atomic mass is 19.4. The van der Waals surface area contributed by atoms with Gasteiger partial charge in [-0.2, -0.15) is 35.1 Å². The van der Waals surface area contributed by atoms with Crippen molar-refractivity contribution in [1.29, 1.82) is 0 Å². The van der Waals surface area contributed by atoms with Gasteiger partial charge in [-0.05, 0) is 6.42 Å². The smallest absolute Gasteiger partial charge is 0.390 e. The van der Waals surface area contributed by atoms with Crippen LogP contribution in [0.15, 0.2) is 0 Å². The number of hydrogen-bond donors (Lipinski definition) is 1. The number of ether oxygens (including phenoxy) is 1. The highest BCUT2D eigenvalue weighted by Gasteiger charge is 2.81. The molecule has 0 spiro atoms. The predicted molar refractivity (Wildman–Crippen MR) is 57.0 cm³/mol. The SMILES string of the molecule is CCCCCCOC(F)(F)C(F)(F)C(F)(F)C(F)(F)CO. The van der Waals surface area contributed by atoms with E-state index in [9.17, 15) is 35.1 Å². The first-order valence-electron chi connectivity index (χ1n) is 6.13. The number of aliphatic hydroxyl groups is 1. The van der Waals surface area contributed by atoms with E-state index in [1.54, 1.807) is 6.92 Å². The minimum atomic E-state index is -6.48. The molecule has 128 valence electrons. The Morgan fingerprint density at radius 1 is 0.810 bits per heavy atom. The summed E-state index contributed by atoms with van der Waals surface area (Å²) in [4.78, 5) is 0. The van der Waals surface area contributed by atoms with Gasteiger partial charge in [0, 0.05) is 0 Å². The summed E-state index contributed by atoms with van der Waals surface area (Å²) in [6, 6.07) is 0. The van der Waals surface area contributed by atoms with Gasteiger partial charge in [-0.25, -0.2) is 0 Å². The van der Waals surface area contributed by atoms with Crippen molar-refractivity contribution in [1.82, 2.24) is 0 Å². The fourth-order valence-corrected chi connectivity index (χ4v) is 1.33. The third kappa shape index (κ3) is 4.18. The molecule has 0 heterocycles. The van der Waals surface area contributed by atoms with Crippen molar-refractivity contribution in [3.63, 3.8) is 0 Å². The van der Waals surface area contributed by atoms with Gasteiger partial charge in [0.1, 0.15) is 6.61 Å². The van der Waals surface area contributed by atoms with Gasteiger partial charge in [0.2, 0.25) is 0 Å². The number of alkyl halides is 8. The van der Waals surface area contributed by atoms with E-state index in [0.29, 0.717) is 19.3 Å². The summed E-state index contributed by atoms with van der Waals surface area (Å²) in [6.07, 6.45) is -4.28. The zero-order valence-electron chi connectivity index (χ0n) is 11.1. The number of unbranched alkanes of at least 4 members (excludes halogenated alkanes) is 3. The average molecular weight is 332 g/mol. The minimum absolute atomic E-state index is 0.110. The largest absolute Gasteiger partial charge is 0.426 e. The van der Waals surface area contributed by atoms with Gasteiger partial charge in [0.25, 0.3) is 0 Å². The second kappa shape index (κ2) is 7.08. The molecule has 0 radical (unpaired) electrons. The second-order valence-electron chi connectivity index (χ2n) is 4.44. The van der Waals surface area contributed by atoms with Crippen molar-refractivity contribution in [2.75, 3.05) is 13.2 Å². The lowest BCUT2D eigenvalue weighted by molar-refractivity contribution is -0.429. The molecule has 0 bridgehead atoms. The van der Waals surface area contributed by atoms with Crippen LogP contribution in [0.4, 0.5) is 35.1 Å². The van der Waals surface area contributed by atoms with Gasteiger partial charge in [0.15, 0.2) is 0 Å². The zero-order chi connectivity index (χ0) is 16.9. The van der Waals surface area contributed by atoms with Crippen LogP contribution in [-0.4, -0.2) is 42.2 Å². The van der Waals surface area contributed by atoms with E-state index in [-0.39, 0.29) is 6.42 Å². The molecule has 0 aromatic rings. The third-order valence-corrected chi connectivity index (χ3v) is 2.70. The van der Waals surface area contributed by atoms with Gasteiger partial charge >= 0.3 is 23.9 Å². The van der Waals surface area contributed by atoms with Gasteiger partial charge in [-0.15, -0.1) is 0 Å². The number of aliphatic hydroxyl groups excluding tert-OH is 1. The molecule has 10 heteroatoms. The van der Waals surface area contributed by atoms with Gasteiger partial charge in [-0.3, -0.25) is 0 Å². The van der Waals surface area contributed by atoms with Crippen LogP contribution in [0, 0.1) is 0 Å². The Hall–Kier alpha value is -0.640. The molecular weight excluding hydrogens is 316 g/mol. The Kier molecular flexibility index (Phi) is 6.86. The predicted octanol–water partition coefficient (Wildman–Crippen LogP) is 4.07. The summed E-state index contributed by atoms with van der Waals surface area (Å²) in [5, 5.41) is 7.98. The van der Waals surface area contributed by atoms with Crippen LogP contribution in [-0.2, 0) is 4.74 Å². The second-order valence-corrected chi connectivity index (χ2v) is 4.44. The molecule has 0 fully saturated rings. The summed E-state index contributed by atoms with van der Waals surface area (Å²) >= 11 is 0. The summed E-state index contributed by atoms with van der Waals surface area (Å²) in [6.45, 7) is -1.91. The normalized spacial score (nSPS) is 14.6. The molecule has 0 atom stereocenters.